The van der Waals surface area contributed by atoms with Gasteiger partial charge in [-0.15, -0.1) is 0 Å². The Bertz CT molecular complexity index is 309. The summed E-state index contributed by atoms with van der Waals surface area (Å²) in [5, 5.41) is 2.43. The van der Waals surface area contributed by atoms with Gasteiger partial charge < -0.3 is 11.1 Å². The molecular weight excluding hydrogens is 195 g/mol. The van der Waals surface area contributed by atoms with Crippen LogP contribution in [0.1, 0.15) is 12.5 Å². The van der Waals surface area contributed by atoms with Gasteiger partial charge in [-0.3, -0.25) is 0 Å². The molecule has 1 atom stereocenters. The van der Waals surface area contributed by atoms with Crippen molar-refractivity contribution < 1.29 is 13.2 Å². The topological polar surface area (TPSA) is 50.9 Å². The number of hydrogen-bond acceptors (Lipinski definition) is 3. The van der Waals surface area contributed by atoms with Crippen molar-refractivity contribution in [1.29, 1.82) is 0 Å². The van der Waals surface area contributed by atoms with E-state index in [9.17, 15) is 13.2 Å². The van der Waals surface area contributed by atoms with Crippen molar-refractivity contribution in [3.8, 4) is 0 Å². The molecular formula is C8H10F3N3. The molecule has 0 aromatic carbocycles. The normalized spacial score (nSPS) is 13.8. The van der Waals surface area contributed by atoms with Crippen molar-refractivity contribution in [2.75, 3.05) is 5.32 Å². The van der Waals surface area contributed by atoms with Gasteiger partial charge in [0, 0.05) is 6.20 Å². The molecule has 1 heterocycles. The number of anilines is 1. The molecule has 0 bridgehead atoms. The first-order valence-electron chi connectivity index (χ1n) is 3.95. The molecule has 0 saturated carbocycles. The van der Waals surface area contributed by atoms with Crippen LogP contribution >= 0.6 is 0 Å². The Morgan fingerprint density at radius 3 is 2.64 bits per heavy atom. The molecule has 0 aliphatic rings. The Hall–Kier alpha value is -1.30. The Labute approximate surface area is 79.1 Å². The molecule has 0 aliphatic carbocycles. The fourth-order valence-corrected chi connectivity index (χ4v) is 0.965. The van der Waals surface area contributed by atoms with Gasteiger partial charge in [0.15, 0.2) is 0 Å². The Morgan fingerprint density at radius 1 is 1.50 bits per heavy atom. The summed E-state index contributed by atoms with van der Waals surface area (Å²) in [7, 11) is 0. The van der Waals surface area contributed by atoms with Crippen molar-refractivity contribution in [3.05, 3.63) is 23.9 Å². The molecule has 1 rings (SSSR count). The fourth-order valence-electron chi connectivity index (χ4n) is 0.965. The summed E-state index contributed by atoms with van der Waals surface area (Å²) in [5.74, 6) is -0.241. The van der Waals surface area contributed by atoms with Crippen LogP contribution in [0.4, 0.5) is 19.0 Å². The van der Waals surface area contributed by atoms with Crippen LogP contribution in [0, 0.1) is 0 Å². The van der Waals surface area contributed by atoms with Crippen LogP contribution in [-0.2, 0) is 6.18 Å². The average Bonchev–Trinajstić information content (AvgIpc) is 2.01. The zero-order valence-electron chi connectivity index (χ0n) is 7.47. The summed E-state index contributed by atoms with van der Waals surface area (Å²) in [5.41, 5.74) is 4.51. The van der Waals surface area contributed by atoms with E-state index in [0.29, 0.717) is 0 Å². The number of rotatable bonds is 2. The molecule has 14 heavy (non-hydrogen) atoms. The van der Waals surface area contributed by atoms with E-state index in [4.69, 9.17) is 5.73 Å². The quantitative estimate of drug-likeness (QED) is 0.724. The number of nitrogens with zero attached hydrogens (tertiary/aromatic N) is 1. The van der Waals surface area contributed by atoms with Gasteiger partial charge in [0.25, 0.3) is 0 Å². The van der Waals surface area contributed by atoms with E-state index >= 15 is 0 Å². The Balaban J connectivity index is 3.04. The van der Waals surface area contributed by atoms with Gasteiger partial charge in [0.1, 0.15) is 5.82 Å². The monoisotopic (exact) mass is 205 g/mol. The summed E-state index contributed by atoms with van der Waals surface area (Å²) in [6.07, 6.45) is -3.71. The molecule has 0 aliphatic heterocycles. The number of hydrogen-bond donors (Lipinski definition) is 2. The zero-order chi connectivity index (χ0) is 10.8. The first-order chi connectivity index (χ1) is 6.41. The number of aromatic nitrogens is 1. The highest BCUT2D eigenvalue weighted by atomic mass is 19.4. The van der Waals surface area contributed by atoms with E-state index in [-0.39, 0.29) is 5.82 Å². The van der Waals surface area contributed by atoms with Crippen LogP contribution in [0.2, 0.25) is 0 Å². The van der Waals surface area contributed by atoms with E-state index < -0.39 is 17.9 Å². The number of nitrogens with two attached hydrogens (primary N) is 1. The van der Waals surface area contributed by atoms with E-state index in [0.717, 1.165) is 6.07 Å². The van der Waals surface area contributed by atoms with Crippen LogP contribution in [0.3, 0.4) is 0 Å². The second kappa shape index (κ2) is 3.83. The maximum atomic E-state index is 12.4. The van der Waals surface area contributed by atoms with Crippen LogP contribution < -0.4 is 11.1 Å². The summed E-state index contributed by atoms with van der Waals surface area (Å²) in [6.45, 7) is 1.54. The maximum Gasteiger partial charge on any atom is 0.419 e. The largest absolute Gasteiger partial charge is 0.419 e. The summed E-state index contributed by atoms with van der Waals surface area (Å²) < 4.78 is 37.1. The van der Waals surface area contributed by atoms with Gasteiger partial charge in [0.2, 0.25) is 0 Å². The van der Waals surface area contributed by atoms with E-state index in [1.54, 1.807) is 0 Å². The lowest BCUT2D eigenvalue weighted by Crippen LogP contribution is -2.27. The molecule has 1 unspecified atom stereocenters. The molecule has 1 aromatic rings. The minimum absolute atomic E-state index is 0.241. The molecule has 3 N–H and O–H groups in total. The molecule has 0 amide bonds. The van der Waals surface area contributed by atoms with Crippen LogP contribution in [0.15, 0.2) is 18.3 Å². The van der Waals surface area contributed by atoms with Gasteiger partial charge in [-0.25, -0.2) is 4.98 Å². The van der Waals surface area contributed by atoms with Crippen molar-refractivity contribution in [2.24, 2.45) is 5.73 Å². The predicted molar refractivity (Wildman–Crippen MR) is 46.5 cm³/mol. The van der Waals surface area contributed by atoms with Gasteiger partial charge in [-0.05, 0) is 19.1 Å². The van der Waals surface area contributed by atoms with Gasteiger partial charge in [-0.2, -0.15) is 13.2 Å². The fraction of sp³-hybridized carbons (Fsp3) is 0.375. The Kier molecular flexibility index (Phi) is 2.95. The number of pyridine rings is 1. The zero-order valence-corrected chi connectivity index (χ0v) is 7.47. The minimum Gasteiger partial charge on any atom is -0.355 e. The highest BCUT2D eigenvalue weighted by Crippen LogP contribution is 2.33. The lowest BCUT2D eigenvalue weighted by atomic mass is 10.2. The molecule has 3 nitrogen and oxygen atoms in total. The lowest BCUT2D eigenvalue weighted by Gasteiger charge is -2.14. The van der Waals surface area contributed by atoms with E-state index in [1.165, 1.54) is 19.2 Å². The first kappa shape index (κ1) is 10.8. The first-order valence-corrected chi connectivity index (χ1v) is 3.95. The maximum absolute atomic E-state index is 12.4. The molecule has 6 heteroatoms. The van der Waals surface area contributed by atoms with Gasteiger partial charge >= 0.3 is 6.18 Å². The number of halogens is 3. The summed E-state index contributed by atoms with van der Waals surface area (Å²) >= 11 is 0. The van der Waals surface area contributed by atoms with Crippen LogP contribution in [0.25, 0.3) is 0 Å². The third-order valence-electron chi connectivity index (χ3n) is 1.48. The highest BCUT2D eigenvalue weighted by Gasteiger charge is 2.34. The van der Waals surface area contributed by atoms with Crippen LogP contribution in [0.5, 0.6) is 0 Å². The minimum atomic E-state index is -4.41. The van der Waals surface area contributed by atoms with Crippen molar-refractivity contribution in [1.82, 2.24) is 4.98 Å². The summed E-state index contributed by atoms with van der Waals surface area (Å²) in [4.78, 5) is 3.57. The van der Waals surface area contributed by atoms with Crippen molar-refractivity contribution >= 4 is 5.82 Å². The van der Waals surface area contributed by atoms with Crippen LogP contribution in [-0.4, -0.2) is 11.1 Å². The van der Waals surface area contributed by atoms with Gasteiger partial charge in [-0.1, -0.05) is 0 Å². The molecule has 0 saturated heterocycles. The Morgan fingerprint density at radius 2 is 2.14 bits per heavy atom. The highest BCUT2D eigenvalue weighted by molar-refractivity contribution is 5.45. The lowest BCUT2D eigenvalue weighted by molar-refractivity contribution is -0.137. The standard InChI is InChI=1S/C8H10F3N3/c1-5(12)14-7-6(8(9,10)11)3-2-4-13-7/h2-5H,12H2,1H3,(H,13,14). The third kappa shape index (κ3) is 2.59. The van der Waals surface area contributed by atoms with E-state index in [1.807, 2.05) is 0 Å². The molecule has 78 valence electrons. The smallest absolute Gasteiger partial charge is 0.355 e. The third-order valence-corrected chi connectivity index (χ3v) is 1.48. The molecule has 0 radical (unpaired) electrons. The SMILES string of the molecule is CC(N)Nc1ncccc1C(F)(F)F. The average molecular weight is 205 g/mol. The second-order valence-electron chi connectivity index (χ2n) is 2.83. The molecule has 0 spiro atoms. The predicted octanol–water partition coefficient (Wildman–Crippen LogP) is 1.82. The van der Waals surface area contributed by atoms with Crippen molar-refractivity contribution in [3.63, 3.8) is 0 Å². The van der Waals surface area contributed by atoms with Gasteiger partial charge in [0.05, 0.1) is 11.7 Å². The molecule has 1 aromatic heterocycles. The number of alkyl halides is 3. The van der Waals surface area contributed by atoms with Crippen molar-refractivity contribution in [2.45, 2.75) is 19.3 Å². The number of nitrogens with one attached hydrogen (secondary N) is 1. The molecule has 0 fully saturated rings. The van der Waals surface area contributed by atoms with E-state index in [2.05, 4.69) is 10.3 Å². The summed E-state index contributed by atoms with van der Waals surface area (Å²) in [6, 6.07) is 2.19. The second-order valence-corrected chi connectivity index (χ2v) is 2.83.